The van der Waals surface area contributed by atoms with E-state index in [2.05, 4.69) is 15.6 Å². The van der Waals surface area contributed by atoms with Gasteiger partial charge in [-0.25, -0.2) is 9.59 Å². The van der Waals surface area contributed by atoms with Crippen LogP contribution in [0, 0.1) is 6.92 Å². The van der Waals surface area contributed by atoms with E-state index in [1.807, 2.05) is 0 Å². The van der Waals surface area contributed by atoms with E-state index < -0.39 is 5.97 Å². The fourth-order valence-corrected chi connectivity index (χ4v) is 2.40. The Kier molecular flexibility index (Phi) is 4.15. The van der Waals surface area contributed by atoms with Crippen LogP contribution in [0.4, 0.5) is 10.5 Å². The molecule has 0 radical (unpaired) electrons. The average molecular weight is 294 g/mol. The second kappa shape index (κ2) is 5.86. The van der Waals surface area contributed by atoms with Gasteiger partial charge in [0.2, 0.25) is 5.91 Å². The van der Waals surface area contributed by atoms with Crippen LogP contribution in [0.2, 0.25) is 0 Å². The smallest absolute Gasteiger partial charge is 0.354 e. The molecule has 1 fully saturated rings. The molecule has 1 aromatic heterocycles. The second-order valence-corrected chi connectivity index (χ2v) is 5.11. The van der Waals surface area contributed by atoms with Crippen LogP contribution in [0.5, 0.6) is 0 Å². The van der Waals surface area contributed by atoms with E-state index in [4.69, 9.17) is 5.11 Å². The van der Waals surface area contributed by atoms with Gasteiger partial charge in [0, 0.05) is 31.7 Å². The van der Waals surface area contributed by atoms with Crippen LogP contribution in [0.3, 0.4) is 0 Å². The van der Waals surface area contributed by atoms with Crippen LogP contribution in [-0.2, 0) is 4.79 Å². The molecule has 114 valence electrons. The van der Waals surface area contributed by atoms with E-state index in [9.17, 15) is 14.4 Å². The van der Waals surface area contributed by atoms with E-state index in [0.717, 1.165) is 0 Å². The molecule has 1 saturated heterocycles. The molecule has 2 rings (SSSR count). The molecule has 1 aliphatic heterocycles. The third kappa shape index (κ3) is 3.53. The Hall–Kier alpha value is -2.51. The van der Waals surface area contributed by atoms with Crippen molar-refractivity contribution < 1.29 is 19.5 Å². The minimum atomic E-state index is -1.13. The first-order valence-corrected chi connectivity index (χ1v) is 6.62. The number of rotatable bonds is 3. The summed E-state index contributed by atoms with van der Waals surface area (Å²) in [5.41, 5.74) is 0.853. The number of amides is 3. The first kappa shape index (κ1) is 14.9. The number of nitrogens with one attached hydrogen (secondary N) is 3. The highest BCUT2D eigenvalue weighted by atomic mass is 16.4. The minimum absolute atomic E-state index is 0.0431. The maximum absolute atomic E-state index is 12.1. The van der Waals surface area contributed by atoms with Gasteiger partial charge < -0.3 is 25.6 Å². The maximum Gasteiger partial charge on any atom is 0.354 e. The van der Waals surface area contributed by atoms with Crippen LogP contribution < -0.4 is 10.6 Å². The van der Waals surface area contributed by atoms with Crippen molar-refractivity contribution in [1.82, 2.24) is 15.2 Å². The largest absolute Gasteiger partial charge is 0.477 e. The van der Waals surface area contributed by atoms with Gasteiger partial charge in [-0.3, -0.25) is 4.79 Å². The lowest BCUT2D eigenvalue weighted by Crippen LogP contribution is -2.38. The van der Waals surface area contributed by atoms with Crippen molar-refractivity contribution in [2.75, 3.05) is 18.4 Å². The summed E-state index contributed by atoms with van der Waals surface area (Å²) in [4.78, 5) is 38.4. The van der Waals surface area contributed by atoms with Crippen molar-refractivity contribution in [2.45, 2.75) is 26.3 Å². The van der Waals surface area contributed by atoms with Crippen LogP contribution in [0.1, 0.15) is 29.5 Å². The number of carboxylic acids is 1. The van der Waals surface area contributed by atoms with Crippen molar-refractivity contribution in [1.29, 1.82) is 0 Å². The molecule has 8 nitrogen and oxygen atoms in total. The average Bonchev–Trinajstić information content (AvgIpc) is 2.95. The van der Waals surface area contributed by atoms with Gasteiger partial charge in [-0.1, -0.05) is 0 Å². The monoisotopic (exact) mass is 294 g/mol. The molecule has 4 N–H and O–H groups in total. The van der Waals surface area contributed by atoms with Gasteiger partial charge in [0.05, 0.1) is 5.69 Å². The Morgan fingerprint density at radius 1 is 1.43 bits per heavy atom. The number of anilines is 1. The molecular weight excluding hydrogens is 276 g/mol. The molecule has 1 aliphatic rings. The van der Waals surface area contributed by atoms with Gasteiger partial charge in [-0.15, -0.1) is 0 Å². The Morgan fingerprint density at radius 2 is 2.14 bits per heavy atom. The van der Waals surface area contributed by atoms with Gasteiger partial charge in [0.25, 0.3) is 0 Å². The molecule has 1 unspecified atom stereocenters. The topological polar surface area (TPSA) is 115 Å². The summed E-state index contributed by atoms with van der Waals surface area (Å²) in [7, 11) is 0. The summed E-state index contributed by atoms with van der Waals surface area (Å²) in [6.45, 7) is 4.08. The van der Waals surface area contributed by atoms with Crippen LogP contribution in [0.25, 0.3) is 0 Å². The molecule has 21 heavy (non-hydrogen) atoms. The van der Waals surface area contributed by atoms with E-state index in [1.54, 1.807) is 17.9 Å². The molecule has 2 heterocycles. The molecule has 1 atom stereocenters. The summed E-state index contributed by atoms with van der Waals surface area (Å²) >= 11 is 0. The molecule has 0 bridgehead atoms. The quantitative estimate of drug-likeness (QED) is 0.659. The number of carbonyl (C=O) groups excluding carboxylic acids is 2. The number of aromatic amines is 1. The van der Waals surface area contributed by atoms with Crippen molar-refractivity contribution in [2.24, 2.45) is 0 Å². The van der Waals surface area contributed by atoms with E-state index in [1.165, 1.54) is 6.92 Å². The highest BCUT2D eigenvalue weighted by Gasteiger charge is 2.27. The summed E-state index contributed by atoms with van der Waals surface area (Å²) in [5, 5.41) is 14.4. The summed E-state index contributed by atoms with van der Waals surface area (Å²) < 4.78 is 0. The lowest BCUT2D eigenvalue weighted by atomic mass is 10.3. The second-order valence-electron chi connectivity index (χ2n) is 5.11. The number of aromatic nitrogens is 1. The lowest BCUT2D eigenvalue weighted by Gasteiger charge is -2.17. The van der Waals surface area contributed by atoms with E-state index in [0.29, 0.717) is 25.2 Å². The van der Waals surface area contributed by atoms with Gasteiger partial charge >= 0.3 is 12.0 Å². The number of carboxylic acid groups (broad SMARTS) is 1. The number of aryl methyl sites for hydroxylation is 1. The zero-order valence-corrected chi connectivity index (χ0v) is 11.9. The SMILES string of the molecule is CC(=O)NC1CCN(C(=O)Nc2cc(C)[nH]c2C(=O)O)C1. The normalized spacial score (nSPS) is 17.6. The Balaban J connectivity index is 1.99. The van der Waals surface area contributed by atoms with Crippen molar-refractivity contribution in [3.63, 3.8) is 0 Å². The van der Waals surface area contributed by atoms with Gasteiger partial charge in [0.1, 0.15) is 5.69 Å². The summed E-state index contributed by atoms with van der Waals surface area (Å²) in [6.07, 6.45) is 0.685. The third-order valence-electron chi connectivity index (χ3n) is 3.29. The van der Waals surface area contributed by atoms with E-state index in [-0.39, 0.29) is 29.4 Å². The Morgan fingerprint density at radius 3 is 2.76 bits per heavy atom. The van der Waals surface area contributed by atoms with Crippen molar-refractivity contribution >= 4 is 23.6 Å². The number of hydrogen-bond acceptors (Lipinski definition) is 3. The Labute approximate surface area is 121 Å². The van der Waals surface area contributed by atoms with Crippen LogP contribution in [0.15, 0.2) is 6.07 Å². The zero-order chi connectivity index (χ0) is 15.6. The summed E-state index contributed by atoms with van der Waals surface area (Å²) in [5.74, 6) is -1.26. The summed E-state index contributed by atoms with van der Waals surface area (Å²) in [6, 6.07) is 1.15. The predicted molar refractivity (Wildman–Crippen MR) is 75.3 cm³/mol. The molecular formula is C13H18N4O4. The number of carbonyl (C=O) groups is 3. The number of urea groups is 1. The van der Waals surface area contributed by atoms with Crippen molar-refractivity contribution in [3.8, 4) is 0 Å². The highest BCUT2D eigenvalue weighted by Crippen LogP contribution is 2.18. The van der Waals surface area contributed by atoms with Crippen LogP contribution in [-0.4, -0.2) is 52.0 Å². The minimum Gasteiger partial charge on any atom is -0.477 e. The fourth-order valence-electron chi connectivity index (χ4n) is 2.40. The Bertz CT molecular complexity index is 581. The number of likely N-dealkylation sites (tertiary alicyclic amines) is 1. The first-order chi connectivity index (χ1) is 9.86. The van der Waals surface area contributed by atoms with E-state index >= 15 is 0 Å². The standard InChI is InChI=1S/C13H18N4O4/c1-7-5-10(11(14-7)12(19)20)16-13(21)17-4-3-9(6-17)15-8(2)18/h5,9,14H,3-4,6H2,1-2H3,(H,15,18)(H,16,21)(H,19,20). The number of H-pyrrole nitrogens is 1. The van der Waals surface area contributed by atoms with Gasteiger partial charge in [-0.2, -0.15) is 0 Å². The number of hydrogen-bond donors (Lipinski definition) is 4. The number of aromatic carboxylic acids is 1. The van der Waals surface area contributed by atoms with Gasteiger partial charge in [0.15, 0.2) is 0 Å². The maximum atomic E-state index is 12.1. The molecule has 0 saturated carbocycles. The van der Waals surface area contributed by atoms with Crippen LogP contribution >= 0.6 is 0 Å². The molecule has 0 aromatic carbocycles. The lowest BCUT2D eigenvalue weighted by molar-refractivity contribution is -0.119. The predicted octanol–water partition coefficient (Wildman–Crippen LogP) is 0.764. The van der Waals surface area contributed by atoms with Gasteiger partial charge in [-0.05, 0) is 19.4 Å². The molecule has 0 aliphatic carbocycles. The fraction of sp³-hybridized carbons (Fsp3) is 0.462. The molecule has 8 heteroatoms. The highest BCUT2D eigenvalue weighted by molar-refractivity contribution is 5.99. The third-order valence-corrected chi connectivity index (χ3v) is 3.29. The first-order valence-electron chi connectivity index (χ1n) is 6.62. The van der Waals surface area contributed by atoms with Crippen molar-refractivity contribution in [3.05, 3.63) is 17.5 Å². The molecule has 3 amide bonds. The number of nitrogens with zero attached hydrogens (tertiary/aromatic N) is 1. The molecule has 1 aromatic rings. The molecule has 0 spiro atoms. The zero-order valence-electron chi connectivity index (χ0n) is 11.9.